The highest BCUT2D eigenvalue weighted by atomic mass is 16.5. The van der Waals surface area contributed by atoms with Crippen LogP contribution in [0.4, 0.5) is 0 Å². The number of hydrogen-bond donors (Lipinski definition) is 0. The zero-order chi connectivity index (χ0) is 11.0. The number of nitrogens with zero attached hydrogens (tertiary/aromatic N) is 1. The molecular weight excluding hydrogens is 198 g/mol. The topological polar surface area (TPSA) is 22.1 Å². The highest BCUT2D eigenvalue weighted by Gasteiger charge is 2.02. The van der Waals surface area contributed by atoms with Crippen LogP contribution in [0.1, 0.15) is 0 Å². The summed E-state index contributed by atoms with van der Waals surface area (Å²) in [6, 6.07) is 16.4. The van der Waals surface area contributed by atoms with Crippen molar-refractivity contribution in [3.05, 3.63) is 48.5 Å². The maximum atomic E-state index is 5.16. The van der Waals surface area contributed by atoms with E-state index >= 15 is 0 Å². The molecule has 3 rings (SSSR count). The molecule has 2 nitrogen and oxygen atoms in total. The minimum Gasteiger partial charge on any atom is -0.481 e. The lowest BCUT2D eigenvalue weighted by Crippen LogP contribution is -1.88. The van der Waals surface area contributed by atoms with Crippen molar-refractivity contribution in [3.8, 4) is 5.88 Å². The van der Waals surface area contributed by atoms with Crippen LogP contribution in [0.3, 0.4) is 0 Å². The second-order valence-corrected chi connectivity index (χ2v) is 3.71. The minimum atomic E-state index is 0.656. The van der Waals surface area contributed by atoms with Crippen molar-refractivity contribution in [2.45, 2.75) is 0 Å². The molecule has 0 aliphatic carbocycles. The van der Waals surface area contributed by atoms with Crippen LogP contribution in [0.5, 0.6) is 5.88 Å². The number of hydrogen-bond acceptors (Lipinski definition) is 2. The first-order chi connectivity index (χ1) is 7.88. The lowest BCUT2D eigenvalue weighted by atomic mass is 10.1. The van der Waals surface area contributed by atoms with Gasteiger partial charge in [0.2, 0.25) is 5.88 Å². The van der Waals surface area contributed by atoms with Crippen LogP contribution in [0.2, 0.25) is 0 Å². The zero-order valence-corrected chi connectivity index (χ0v) is 8.97. The Balaban J connectivity index is 2.47. The summed E-state index contributed by atoms with van der Waals surface area (Å²) < 4.78 is 5.16. The summed E-state index contributed by atoms with van der Waals surface area (Å²) >= 11 is 0. The molecule has 0 atom stereocenters. The Morgan fingerprint density at radius 2 is 1.62 bits per heavy atom. The molecule has 78 valence electrons. The van der Waals surface area contributed by atoms with Gasteiger partial charge in [-0.3, -0.25) is 0 Å². The summed E-state index contributed by atoms with van der Waals surface area (Å²) in [5.41, 5.74) is 0.998. The quantitative estimate of drug-likeness (QED) is 0.573. The third-order valence-corrected chi connectivity index (χ3v) is 2.77. The number of benzene rings is 2. The number of fused-ring (bicyclic) bond motifs is 3. The van der Waals surface area contributed by atoms with Crippen LogP contribution in [-0.2, 0) is 0 Å². The Morgan fingerprint density at radius 1 is 0.875 bits per heavy atom. The van der Waals surface area contributed by atoms with Gasteiger partial charge in [0, 0.05) is 16.8 Å². The zero-order valence-electron chi connectivity index (χ0n) is 8.97. The van der Waals surface area contributed by atoms with Gasteiger partial charge in [-0.15, -0.1) is 0 Å². The van der Waals surface area contributed by atoms with E-state index in [2.05, 4.69) is 29.2 Å². The van der Waals surface area contributed by atoms with Gasteiger partial charge >= 0.3 is 0 Å². The lowest BCUT2D eigenvalue weighted by molar-refractivity contribution is 0.399. The van der Waals surface area contributed by atoms with E-state index < -0.39 is 0 Å². The van der Waals surface area contributed by atoms with E-state index in [4.69, 9.17) is 4.74 Å². The normalized spacial score (nSPS) is 10.8. The van der Waals surface area contributed by atoms with Crippen molar-refractivity contribution in [2.75, 3.05) is 7.11 Å². The minimum absolute atomic E-state index is 0.656. The molecule has 0 spiro atoms. The van der Waals surface area contributed by atoms with E-state index in [-0.39, 0.29) is 0 Å². The van der Waals surface area contributed by atoms with Crippen LogP contribution in [0, 0.1) is 0 Å². The standard InChI is InChI=1S/C14H11NO/c1-16-13-9-8-11-7-6-10-4-2-3-5-12(10)14(11)15-13/h2-9H,1H3. The van der Waals surface area contributed by atoms with Gasteiger partial charge < -0.3 is 4.74 Å². The molecule has 16 heavy (non-hydrogen) atoms. The molecule has 0 saturated carbocycles. The van der Waals surface area contributed by atoms with E-state index in [9.17, 15) is 0 Å². The smallest absolute Gasteiger partial charge is 0.213 e. The second-order valence-electron chi connectivity index (χ2n) is 3.71. The van der Waals surface area contributed by atoms with Gasteiger partial charge in [0.05, 0.1) is 12.6 Å². The molecule has 0 aliphatic rings. The Bertz CT molecular complexity index is 661. The van der Waals surface area contributed by atoms with Gasteiger partial charge in [-0.2, -0.15) is 0 Å². The predicted molar refractivity (Wildman–Crippen MR) is 65.8 cm³/mol. The summed E-state index contributed by atoms with van der Waals surface area (Å²) in [5, 5.41) is 3.51. The average Bonchev–Trinajstić information content (AvgIpc) is 2.38. The first kappa shape index (κ1) is 9.16. The van der Waals surface area contributed by atoms with Crippen LogP contribution in [0.15, 0.2) is 48.5 Å². The van der Waals surface area contributed by atoms with Crippen molar-refractivity contribution < 1.29 is 4.74 Å². The molecule has 0 N–H and O–H groups in total. The number of pyridine rings is 1. The summed E-state index contributed by atoms with van der Waals surface area (Å²) in [7, 11) is 1.64. The predicted octanol–water partition coefficient (Wildman–Crippen LogP) is 3.40. The number of aromatic nitrogens is 1. The van der Waals surface area contributed by atoms with Gasteiger partial charge in [0.1, 0.15) is 0 Å². The molecule has 0 fully saturated rings. The molecule has 1 heterocycles. The molecule has 3 aromatic rings. The third kappa shape index (κ3) is 1.31. The summed E-state index contributed by atoms with van der Waals surface area (Å²) in [6.07, 6.45) is 0. The van der Waals surface area contributed by atoms with Crippen molar-refractivity contribution in [2.24, 2.45) is 0 Å². The molecule has 0 bridgehead atoms. The van der Waals surface area contributed by atoms with E-state index in [1.165, 1.54) is 10.8 Å². The fourth-order valence-corrected chi connectivity index (χ4v) is 1.95. The van der Waals surface area contributed by atoms with Crippen LogP contribution in [0.25, 0.3) is 21.7 Å². The number of rotatable bonds is 1. The van der Waals surface area contributed by atoms with Gasteiger partial charge in [-0.1, -0.05) is 36.4 Å². The average molecular weight is 209 g/mol. The summed E-state index contributed by atoms with van der Waals surface area (Å²) in [5.74, 6) is 0.656. The molecule has 0 saturated heterocycles. The summed E-state index contributed by atoms with van der Waals surface area (Å²) in [4.78, 5) is 4.50. The fourth-order valence-electron chi connectivity index (χ4n) is 1.95. The first-order valence-electron chi connectivity index (χ1n) is 5.21. The molecule has 2 heteroatoms. The molecular formula is C14H11NO. The highest BCUT2D eigenvalue weighted by Crippen LogP contribution is 2.25. The Labute approximate surface area is 93.5 Å². The fraction of sp³-hybridized carbons (Fsp3) is 0.0714. The van der Waals surface area contributed by atoms with E-state index in [0.29, 0.717) is 5.88 Å². The van der Waals surface area contributed by atoms with Crippen LogP contribution < -0.4 is 4.74 Å². The Hall–Kier alpha value is -2.09. The molecule has 0 aliphatic heterocycles. The molecule has 0 amide bonds. The Morgan fingerprint density at radius 3 is 2.50 bits per heavy atom. The van der Waals surface area contributed by atoms with Crippen LogP contribution >= 0.6 is 0 Å². The van der Waals surface area contributed by atoms with Crippen LogP contribution in [-0.4, -0.2) is 12.1 Å². The third-order valence-electron chi connectivity index (χ3n) is 2.77. The van der Waals surface area contributed by atoms with Gasteiger partial charge in [-0.05, 0) is 11.5 Å². The van der Waals surface area contributed by atoms with Gasteiger partial charge in [0.25, 0.3) is 0 Å². The van der Waals surface area contributed by atoms with Crippen molar-refractivity contribution in [1.82, 2.24) is 4.98 Å². The second kappa shape index (κ2) is 3.49. The Kier molecular flexibility index (Phi) is 2.00. The van der Waals surface area contributed by atoms with Gasteiger partial charge in [-0.25, -0.2) is 4.98 Å². The monoisotopic (exact) mass is 209 g/mol. The molecule has 0 unspecified atom stereocenters. The van der Waals surface area contributed by atoms with Crippen molar-refractivity contribution in [3.63, 3.8) is 0 Å². The maximum absolute atomic E-state index is 5.16. The first-order valence-corrected chi connectivity index (χ1v) is 5.21. The SMILES string of the molecule is COc1ccc2ccc3ccccc3c2n1. The van der Waals surface area contributed by atoms with E-state index in [0.717, 1.165) is 10.9 Å². The van der Waals surface area contributed by atoms with Crippen molar-refractivity contribution in [1.29, 1.82) is 0 Å². The molecule has 2 aromatic carbocycles. The molecule has 0 radical (unpaired) electrons. The van der Waals surface area contributed by atoms with Crippen molar-refractivity contribution >= 4 is 21.7 Å². The molecule has 1 aromatic heterocycles. The van der Waals surface area contributed by atoms with E-state index in [1.54, 1.807) is 7.11 Å². The van der Waals surface area contributed by atoms with E-state index in [1.807, 2.05) is 24.3 Å². The number of methoxy groups -OCH3 is 1. The summed E-state index contributed by atoms with van der Waals surface area (Å²) in [6.45, 7) is 0. The highest BCUT2D eigenvalue weighted by molar-refractivity contribution is 6.05. The maximum Gasteiger partial charge on any atom is 0.213 e. The number of ether oxygens (including phenoxy) is 1. The largest absolute Gasteiger partial charge is 0.481 e. The van der Waals surface area contributed by atoms with Gasteiger partial charge in [0.15, 0.2) is 0 Å². The lowest BCUT2D eigenvalue weighted by Gasteiger charge is -2.04.